The summed E-state index contributed by atoms with van der Waals surface area (Å²) < 4.78 is 10.1. The molecule has 0 saturated carbocycles. The van der Waals surface area contributed by atoms with Crippen LogP contribution in [-0.4, -0.2) is 30.0 Å². The topological polar surface area (TPSA) is 98.9 Å². The number of nitrogens with zero attached hydrogens (tertiary/aromatic N) is 1. The zero-order valence-electron chi connectivity index (χ0n) is 14.0. The van der Waals surface area contributed by atoms with Crippen molar-refractivity contribution in [2.45, 2.75) is 6.92 Å². The van der Waals surface area contributed by atoms with E-state index in [-0.39, 0.29) is 34.3 Å². The maximum absolute atomic E-state index is 12.3. The molecule has 7 nitrogen and oxygen atoms in total. The van der Waals surface area contributed by atoms with E-state index in [0.717, 1.165) is 0 Å². The van der Waals surface area contributed by atoms with Crippen molar-refractivity contribution in [3.63, 3.8) is 0 Å². The van der Waals surface area contributed by atoms with Crippen LogP contribution in [0, 0.1) is 17.0 Å². The lowest BCUT2D eigenvalue weighted by Gasteiger charge is -2.09. The van der Waals surface area contributed by atoms with Gasteiger partial charge in [-0.2, -0.15) is 0 Å². The molecule has 0 heterocycles. The number of ketones is 1. The molecule has 25 heavy (non-hydrogen) atoms. The molecular formula is C18H17NO6. The van der Waals surface area contributed by atoms with Crippen molar-refractivity contribution in [3.8, 4) is 17.2 Å². The fourth-order valence-electron chi connectivity index (χ4n) is 2.24. The average molecular weight is 343 g/mol. The third kappa shape index (κ3) is 3.95. The van der Waals surface area contributed by atoms with Crippen LogP contribution in [-0.2, 0) is 0 Å². The van der Waals surface area contributed by atoms with Gasteiger partial charge in [-0.25, -0.2) is 0 Å². The lowest BCUT2D eigenvalue weighted by atomic mass is 10.1. The Morgan fingerprint density at radius 3 is 2.28 bits per heavy atom. The highest BCUT2D eigenvalue weighted by molar-refractivity contribution is 6.07. The zero-order chi connectivity index (χ0) is 18.6. The Balaban J connectivity index is 2.32. The number of carbonyl (C=O) groups excluding carboxylic acids is 1. The Morgan fingerprint density at radius 1 is 1.16 bits per heavy atom. The summed E-state index contributed by atoms with van der Waals surface area (Å²) in [5, 5.41) is 20.8. The molecule has 0 radical (unpaired) electrons. The maximum atomic E-state index is 12.3. The van der Waals surface area contributed by atoms with Crippen molar-refractivity contribution in [1.82, 2.24) is 0 Å². The molecule has 0 spiro atoms. The Bertz CT molecular complexity index is 832. The molecule has 0 amide bonds. The first kappa shape index (κ1) is 18.0. The van der Waals surface area contributed by atoms with Crippen molar-refractivity contribution >= 4 is 17.5 Å². The van der Waals surface area contributed by atoms with Gasteiger partial charge in [0.05, 0.1) is 19.1 Å². The van der Waals surface area contributed by atoms with Crippen LogP contribution >= 0.6 is 0 Å². The summed E-state index contributed by atoms with van der Waals surface area (Å²) in [6.07, 6.45) is 2.80. The van der Waals surface area contributed by atoms with Gasteiger partial charge in [0.1, 0.15) is 0 Å². The quantitative estimate of drug-likeness (QED) is 0.373. The highest BCUT2D eigenvalue weighted by Crippen LogP contribution is 2.37. The molecule has 0 aromatic heterocycles. The van der Waals surface area contributed by atoms with E-state index in [4.69, 9.17) is 9.47 Å². The van der Waals surface area contributed by atoms with Crippen LogP contribution in [0.4, 0.5) is 5.69 Å². The predicted molar refractivity (Wildman–Crippen MR) is 92.4 cm³/mol. The number of nitro benzene ring substituents is 1. The number of ether oxygens (including phenoxy) is 2. The number of hydrogen-bond acceptors (Lipinski definition) is 6. The molecule has 2 rings (SSSR count). The second-order valence-electron chi connectivity index (χ2n) is 5.23. The van der Waals surface area contributed by atoms with Gasteiger partial charge in [0.25, 0.3) is 5.69 Å². The highest BCUT2D eigenvalue weighted by atomic mass is 16.6. The first-order valence-corrected chi connectivity index (χ1v) is 7.29. The number of rotatable bonds is 6. The number of nitro groups is 1. The largest absolute Gasteiger partial charge is 0.502 e. The normalized spacial score (nSPS) is 10.7. The third-order valence-corrected chi connectivity index (χ3v) is 3.62. The molecule has 2 aromatic rings. The van der Waals surface area contributed by atoms with Gasteiger partial charge in [-0.3, -0.25) is 14.9 Å². The van der Waals surface area contributed by atoms with E-state index < -0.39 is 4.92 Å². The molecule has 130 valence electrons. The van der Waals surface area contributed by atoms with Gasteiger partial charge in [-0.1, -0.05) is 18.2 Å². The van der Waals surface area contributed by atoms with E-state index in [1.165, 1.54) is 44.6 Å². The monoisotopic (exact) mass is 343 g/mol. The minimum absolute atomic E-state index is 0.104. The molecule has 0 unspecified atom stereocenters. The van der Waals surface area contributed by atoms with Crippen molar-refractivity contribution in [1.29, 1.82) is 0 Å². The van der Waals surface area contributed by atoms with Crippen LogP contribution in [0.5, 0.6) is 17.2 Å². The fourth-order valence-corrected chi connectivity index (χ4v) is 2.24. The first-order chi connectivity index (χ1) is 11.9. The SMILES string of the molecule is COc1cc(/C=C/C(=O)c2ccc(C)c([N+](=O)[O-])c2)cc(OC)c1O. The van der Waals surface area contributed by atoms with E-state index >= 15 is 0 Å². The maximum Gasteiger partial charge on any atom is 0.273 e. The summed E-state index contributed by atoms with van der Waals surface area (Å²) in [6.45, 7) is 1.61. The van der Waals surface area contributed by atoms with Crippen molar-refractivity contribution < 1.29 is 24.3 Å². The molecule has 0 saturated heterocycles. The predicted octanol–water partition coefficient (Wildman–Crippen LogP) is 3.52. The zero-order valence-corrected chi connectivity index (χ0v) is 14.0. The van der Waals surface area contributed by atoms with E-state index in [9.17, 15) is 20.0 Å². The molecule has 1 N–H and O–H groups in total. The van der Waals surface area contributed by atoms with Crippen molar-refractivity contribution in [2.75, 3.05) is 14.2 Å². The summed E-state index contributed by atoms with van der Waals surface area (Å²) in [7, 11) is 2.80. The molecule has 0 bridgehead atoms. The summed E-state index contributed by atoms with van der Waals surface area (Å²) in [4.78, 5) is 22.7. The van der Waals surface area contributed by atoms with Crippen LogP contribution < -0.4 is 9.47 Å². The molecule has 0 aliphatic carbocycles. The number of hydrogen-bond donors (Lipinski definition) is 1. The van der Waals surface area contributed by atoms with Crippen molar-refractivity contribution in [2.24, 2.45) is 0 Å². The standard InChI is InChI=1S/C18H17NO6/c1-11-4-6-13(10-14(11)19(22)23)15(20)7-5-12-8-16(24-2)18(21)17(9-12)25-3/h4-10,21H,1-3H3/b7-5+. The minimum atomic E-state index is -0.522. The molecule has 7 heteroatoms. The van der Waals surface area contributed by atoms with E-state index in [0.29, 0.717) is 11.1 Å². The molecule has 0 aliphatic rings. The van der Waals surface area contributed by atoms with E-state index in [1.807, 2.05) is 0 Å². The number of benzene rings is 2. The summed E-state index contributed by atoms with van der Waals surface area (Å²) in [6, 6.07) is 7.40. The highest BCUT2D eigenvalue weighted by Gasteiger charge is 2.14. The van der Waals surface area contributed by atoms with Crippen LogP contribution in [0.25, 0.3) is 6.08 Å². The van der Waals surface area contributed by atoms with Gasteiger partial charge >= 0.3 is 0 Å². The number of allylic oxidation sites excluding steroid dienone is 1. The van der Waals surface area contributed by atoms with Gasteiger partial charge in [0.2, 0.25) is 5.75 Å². The lowest BCUT2D eigenvalue weighted by Crippen LogP contribution is -1.98. The minimum Gasteiger partial charge on any atom is -0.502 e. The second-order valence-corrected chi connectivity index (χ2v) is 5.23. The van der Waals surface area contributed by atoms with Gasteiger partial charge in [-0.15, -0.1) is 0 Å². The van der Waals surface area contributed by atoms with Crippen LogP contribution in [0.1, 0.15) is 21.5 Å². The van der Waals surface area contributed by atoms with Gasteiger partial charge in [-0.05, 0) is 30.7 Å². The smallest absolute Gasteiger partial charge is 0.273 e. The fraction of sp³-hybridized carbons (Fsp3) is 0.167. The summed E-state index contributed by atoms with van der Waals surface area (Å²) >= 11 is 0. The first-order valence-electron chi connectivity index (χ1n) is 7.29. The Labute approximate surface area is 144 Å². The average Bonchev–Trinajstić information content (AvgIpc) is 2.60. The third-order valence-electron chi connectivity index (χ3n) is 3.62. The molecular weight excluding hydrogens is 326 g/mol. The molecule has 0 atom stereocenters. The van der Waals surface area contributed by atoms with Crippen molar-refractivity contribution in [3.05, 3.63) is 63.2 Å². The molecule has 2 aromatic carbocycles. The number of carbonyl (C=O) groups is 1. The Morgan fingerprint density at radius 2 is 1.76 bits per heavy atom. The Hall–Kier alpha value is -3.35. The number of aryl methyl sites for hydroxylation is 1. The van der Waals surface area contributed by atoms with E-state index in [2.05, 4.69) is 0 Å². The molecule has 0 fully saturated rings. The van der Waals surface area contributed by atoms with Crippen LogP contribution in [0.2, 0.25) is 0 Å². The second kappa shape index (κ2) is 7.48. The summed E-state index contributed by atoms with van der Waals surface area (Å²) in [5.74, 6) is -0.105. The van der Waals surface area contributed by atoms with Gasteiger partial charge in [0, 0.05) is 17.2 Å². The molecule has 0 aliphatic heterocycles. The number of methoxy groups -OCH3 is 2. The van der Waals surface area contributed by atoms with E-state index in [1.54, 1.807) is 19.1 Å². The number of aromatic hydroxyl groups is 1. The summed E-state index contributed by atoms with van der Waals surface area (Å²) in [5.41, 5.74) is 1.17. The number of phenols is 1. The number of phenolic OH excluding ortho intramolecular Hbond substituents is 1. The van der Waals surface area contributed by atoms with Crippen LogP contribution in [0.15, 0.2) is 36.4 Å². The van der Waals surface area contributed by atoms with Gasteiger partial charge in [0.15, 0.2) is 17.3 Å². The van der Waals surface area contributed by atoms with Crippen LogP contribution in [0.3, 0.4) is 0 Å². The van der Waals surface area contributed by atoms with Gasteiger partial charge < -0.3 is 14.6 Å². The lowest BCUT2D eigenvalue weighted by molar-refractivity contribution is -0.385. The Kier molecular flexibility index (Phi) is 5.38.